The van der Waals surface area contributed by atoms with Crippen molar-refractivity contribution in [2.45, 2.75) is 246 Å². The van der Waals surface area contributed by atoms with Crippen LogP contribution in [0.3, 0.4) is 0 Å². The van der Waals surface area contributed by atoms with Gasteiger partial charge in [0.1, 0.15) is 0 Å². The number of allylic oxidation sites excluding steroid dienone is 27. The Morgan fingerprint density at radius 2 is 1.41 bits per heavy atom. The third-order valence-electron chi connectivity index (χ3n) is 31.7. The number of rotatable bonds is 13. The minimum Gasteiger partial charge on any atom is -0.157 e. The van der Waals surface area contributed by atoms with Crippen molar-refractivity contribution in [1.82, 2.24) is 0 Å². The van der Waals surface area contributed by atoms with Crippen molar-refractivity contribution < 1.29 is 0 Å². The van der Waals surface area contributed by atoms with Crippen molar-refractivity contribution in [3.8, 4) is 0 Å². The van der Waals surface area contributed by atoms with Crippen LogP contribution in [-0.4, -0.2) is 17.1 Å². The third kappa shape index (κ3) is 12.8. The summed E-state index contributed by atoms with van der Waals surface area (Å²) < 4.78 is 0. The lowest BCUT2D eigenvalue weighted by atomic mass is 9.23. The second-order valence-electron chi connectivity index (χ2n) is 36.6. The zero-order valence-electron chi connectivity index (χ0n) is 61.6. The van der Waals surface area contributed by atoms with E-state index in [2.05, 4.69) is 204 Å². The van der Waals surface area contributed by atoms with Crippen LogP contribution in [0.1, 0.15) is 241 Å². The zero-order chi connectivity index (χ0) is 66.9. The van der Waals surface area contributed by atoms with Crippen LogP contribution in [0.5, 0.6) is 0 Å². The molecular formula is C98H121BS2. The number of hydrogen-bond acceptors (Lipinski definition) is 2. The van der Waals surface area contributed by atoms with Crippen molar-refractivity contribution in [2.75, 3.05) is 0 Å². The maximum absolute atomic E-state index is 5.56. The summed E-state index contributed by atoms with van der Waals surface area (Å²) in [5.41, 5.74) is 20.3. The van der Waals surface area contributed by atoms with Gasteiger partial charge in [0.25, 0.3) is 0 Å². The molecule has 13 aliphatic carbocycles. The van der Waals surface area contributed by atoms with Crippen molar-refractivity contribution >= 4 is 30.2 Å². The zero-order valence-corrected chi connectivity index (χ0v) is 63.2. The predicted molar refractivity (Wildman–Crippen MR) is 432 cm³/mol. The van der Waals surface area contributed by atoms with E-state index in [1.165, 1.54) is 218 Å². The average Bonchev–Trinajstić information content (AvgIpc) is 1.63. The molecule has 0 spiro atoms. The fourth-order valence-electron chi connectivity index (χ4n) is 27.8. The van der Waals surface area contributed by atoms with Crippen LogP contribution in [0.15, 0.2) is 225 Å². The van der Waals surface area contributed by atoms with Crippen LogP contribution in [0, 0.1) is 112 Å². The Morgan fingerprint density at radius 1 is 0.584 bits per heavy atom. The molecule has 101 heavy (non-hydrogen) atoms. The van der Waals surface area contributed by atoms with E-state index in [0.717, 1.165) is 23.7 Å². The first-order valence-electron chi connectivity index (χ1n) is 43.0. The molecule has 0 amide bonds. The molecule has 17 aliphatic rings. The van der Waals surface area contributed by atoms with Crippen molar-refractivity contribution in [3.63, 3.8) is 0 Å². The van der Waals surface area contributed by atoms with Gasteiger partial charge in [0.2, 0.25) is 0 Å². The van der Waals surface area contributed by atoms with Crippen LogP contribution in [-0.2, 0) is 0 Å². The SMILES string of the molecule is C=C(C1CC2CC(C3CC=CCC3)C3=C(CC4C(C5=CCCCC5)C5=CC([C@H](C6=CCCCC6)C6CCCCC6)CC6C(C7=CCCC=C7)CC7C=C(C8CC=CCC8)SC7C(C4C3)C56)B3C2C(C1)/C(=C\C1=CC=CCC1)[C@@H]1CC(c2ccccc2)SC31)C(c1ccccc1)C1CC=CCC1. The lowest BCUT2D eigenvalue weighted by Crippen LogP contribution is -2.55. The first-order valence-corrected chi connectivity index (χ1v) is 44.9. The summed E-state index contributed by atoms with van der Waals surface area (Å²) >= 11 is 5.08. The van der Waals surface area contributed by atoms with Crippen LogP contribution in [0.4, 0.5) is 0 Å². The summed E-state index contributed by atoms with van der Waals surface area (Å²) in [6, 6.07) is 24.1. The molecule has 2 saturated heterocycles. The Balaban J connectivity index is 0.815. The Morgan fingerprint density at radius 3 is 2.16 bits per heavy atom. The van der Waals surface area contributed by atoms with Crippen molar-refractivity contribution in [3.05, 3.63) is 237 Å². The molecule has 19 rings (SSSR count). The summed E-state index contributed by atoms with van der Waals surface area (Å²) in [6.07, 6.45) is 91.8. The molecule has 2 aromatic carbocycles. The highest BCUT2D eigenvalue weighted by atomic mass is 32.2. The minimum atomic E-state index is 0.411. The first-order chi connectivity index (χ1) is 50.0. The largest absolute Gasteiger partial charge is 0.189 e. The van der Waals surface area contributed by atoms with Gasteiger partial charge in [-0.25, -0.2) is 0 Å². The number of hydrogen-bond donors (Lipinski definition) is 0. The third-order valence-corrected chi connectivity index (χ3v) is 35.2. The summed E-state index contributed by atoms with van der Waals surface area (Å²) in [4.78, 5) is 1.84. The fourth-order valence-corrected chi connectivity index (χ4v) is 31.6. The van der Waals surface area contributed by atoms with Crippen molar-refractivity contribution in [1.29, 1.82) is 0 Å². The molecule has 0 radical (unpaired) electrons. The second-order valence-corrected chi connectivity index (χ2v) is 39.3. The highest BCUT2D eigenvalue weighted by Crippen LogP contribution is 2.73. The first kappa shape index (κ1) is 67.2. The number of thioether (sulfide) groups is 2. The standard InChI is InChI=1S/C98H121BS2/c1-63(91(69-42-22-7-23-43-69)70-44-24-8-25-45-70)74-53-76-57-78(65-34-14-3-15-35-65)81-60-83-84(61-88(81)99-96(76)85(54-74)80(52-64-32-12-2-13-33-64)86-62-90(101-98(86)99)68-40-20-6-21-41-68)93(73-50-30-11-31-51-73)87-56-75(92(71-46-26-9-27-47-71)72-48-28-10-29-49-72)55-82-79(66-36-16-4-17-37-66)58-77-59-89(67-38-18-5-19-39-67)100-97(77)95(83)94(82)87/h2-3,5-8,12,14,16,18,20-24,32,36-37,40-43,46,50,52,56,59,65,67,70,72,74-79,82-86,90-98H,1,4,9-11,13,15,17,19,25-31,33-35,38-39,44-45,47-49,51,53-55,57-58,60-62H2/b80-52+/t65?,67?,70?,74?,75?,76?,77?,78?,79?,82?,83?,84?,85?,86-,90?,91?,92+,93?,94?,95?,96?,97?,98?/m0/s1. The Kier molecular flexibility index (Phi) is 19.8. The van der Waals surface area contributed by atoms with Gasteiger partial charge in [-0.1, -0.05) is 229 Å². The molecule has 528 valence electrons. The quantitative estimate of drug-likeness (QED) is 0.145. The van der Waals surface area contributed by atoms with E-state index in [-0.39, 0.29) is 0 Å². The van der Waals surface area contributed by atoms with Gasteiger partial charge in [0.05, 0.1) is 0 Å². The normalized spacial score (nSPS) is 40.6. The maximum Gasteiger partial charge on any atom is 0.189 e. The molecule has 21 unspecified atom stereocenters. The Labute approximate surface area is 620 Å². The van der Waals surface area contributed by atoms with Crippen LogP contribution in [0.2, 0.25) is 5.82 Å². The minimum absolute atomic E-state index is 0.411. The number of fused-ring (bicyclic) bond motifs is 7. The molecule has 0 bridgehead atoms. The van der Waals surface area contributed by atoms with Gasteiger partial charge in [-0.05, 0) is 344 Å². The molecule has 0 N–H and O–H groups in total. The van der Waals surface area contributed by atoms with Crippen LogP contribution < -0.4 is 0 Å². The van der Waals surface area contributed by atoms with E-state index >= 15 is 0 Å². The van der Waals surface area contributed by atoms with E-state index in [0.29, 0.717) is 123 Å². The van der Waals surface area contributed by atoms with Gasteiger partial charge in [-0.3, -0.25) is 0 Å². The van der Waals surface area contributed by atoms with Gasteiger partial charge in [0.15, 0.2) is 6.71 Å². The summed E-state index contributed by atoms with van der Waals surface area (Å²) in [5, 5.41) is 1.82. The van der Waals surface area contributed by atoms with Crippen molar-refractivity contribution in [2.24, 2.45) is 112 Å². The molecule has 23 atom stereocenters. The second kappa shape index (κ2) is 29.7. The molecule has 4 heterocycles. The van der Waals surface area contributed by atoms with Gasteiger partial charge in [-0.2, -0.15) is 11.8 Å². The van der Waals surface area contributed by atoms with Crippen LogP contribution >= 0.6 is 23.5 Å². The smallest absolute Gasteiger partial charge is 0.157 e. The van der Waals surface area contributed by atoms with E-state index in [1.807, 2.05) is 21.6 Å². The molecule has 0 aromatic heterocycles. The number of benzene rings is 2. The van der Waals surface area contributed by atoms with E-state index < -0.39 is 0 Å². The van der Waals surface area contributed by atoms with E-state index in [1.54, 1.807) is 27.8 Å². The maximum atomic E-state index is 5.56. The Hall–Kier alpha value is -4.44. The summed E-state index contributed by atoms with van der Waals surface area (Å²) in [7, 11) is 0. The Bertz CT molecular complexity index is 3800. The molecule has 4 aliphatic heterocycles. The summed E-state index contributed by atoms with van der Waals surface area (Å²) in [5.74, 6) is 13.9. The lowest BCUT2D eigenvalue weighted by molar-refractivity contribution is 0.0329. The topological polar surface area (TPSA) is 0 Å². The fraction of sp³-hybridized carbons (Fsp3) is 0.592. The highest BCUT2D eigenvalue weighted by molar-refractivity contribution is 8.04. The molecule has 3 heteroatoms. The molecule has 0 nitrogen and oxygen atoms in total. The van der Waals surface area contributed by atoms with E-state index in [4.69, 9.17) is 6.58 Å². The predicted octanol–water partition coefficient (Wildman–Crippen LogP) is 26.9. The molecule has 6 fully saturated rings. The molecular weight excluding hydrogens is 1250 g/mol. The summed E-state index contributed by atoms with van der Waals surface area (Å²) in [6.45, 7) is 6.19. The lowest BCUT2D eigenvalue weighted by Gasteiger charge is -2.60. The molecule has 2 aromatic rings. The van der Waals surface area contributed by atoms with E-state index in [9.17, 15) is 0 Å². The van der Waals surface area contributed by atoms with Gasteiger partial charge < -0.3 is 0 Å². The monoisotopic (exact) mass is 1370 g/mol. The van der Waals surface area contributed by atoms with Gasteiger partial charge >= 0.3 is 0 Å². The highest BCUT2D eigenvalue weighted by Gasteiger charge is 2.66. The van der Waals surface area contributed by atoms with Gasteiger partial charge in [0, 0.05) is 22.3 Å². The van der Waals surface area contributed by atoms with Gasteiger partial charge in [-0.15, -0.1) is 11.8 Å². The molecule has 4 saturated carbocycles. The average molecular weight is 1370 g/mol. The van der Waals surface area contributed by atoms with Crippen LogP contribution in [0.25, 0.3) is 0 Å².